The van der Waals surface area contributed by atoms with Crippen LogP contribution in [0, 0.1) is 10.1 Å². The van der Waals surface area contributed by atoms with Gasteiger partial charge in [-0.25, -0.2) is 22.8 Å². The first-order valence-corrected chi connectivity index (χ1v) is 15.9. The zero-order chi connectivity index (χ0) is 33.0. The van der Waals surface area contributed by atoms with Crippen LogP contribution in [0.1, 0.15) is 5.56 Å². The number of nitro groups is 1. The highest BCUT2D eigenvalue weighted by Crippen LogP contribution is 2.29. The molecule has 0 aliphatic rings. The number of carbonyl (C=O) groups is 1. The third kappa shape index (κ3) is 6.88. The monoisotopic (exact) mass is 652 g/mol. The molecule has 0 aliphatic heterocycles. The van der Waals surface area contributed by atoms with E-state index in [1.165, 1.54) is 11.0 Å². The predicted octanol–water partition coefficient (Wildman–Crippen LogP) is 6.00. The second-order valence-corrected chi connectivity index (χ2v) is 12.3. The molecule has 238 valence electrons. The third-order valence-corrected chi connectivity index (χ3v) is 9.01. The van der Waals surface area contributed by atoms with E-state index in [-0.39, 0.29) is 36.0 Å². The maximum atomic E-state index is 13.6. The number of hydrogen-bond donors (Lipinski definition) is 2. The first kappa shape index (κ1) is 31.1. The van der Waals surface area contributed by atoms with Crippen molar-refractivity contribution < 1.29 is 27.4 Å². The minimum Gasteiger partial charge on any atom is -0.445 e. The van der Waals surface area contributed by atoms with Gasteiger partial charge in [0.2, 0.25) is 15.9 Å². The Bertz CT molecular complexity index is 2190. The number of sulfonamides is 1. The average molecular weight is 653 g/mol. The summed E-state index contributed by atoms with van der Waals surface area (Å²) in [5.41, 5.74) is 2.57. The van der Waals surface area contributed by atoms with Crippen LogP contribution in [-0.2, 0) is 21.2 Å². The summed E-state index contributed by atoms with van der Waals surface area (Å²) >= 11 is 0. The van der Waals surface area contributed by atoms with Gasteiger partial charge in [0.25, 0.3) is 5.69 Å². The predicted molar refractivity (Wildman–Crippen MR) is 175 cm³/mol. The molecule has 3 heterocycles. The number of hydrogen-bond acceptors (Lipinski definition) is 9. The summed E-state index contributed by atoms with van der Waals surface area (Å²) in [5.74, 6) is 0.0300. The molecule has 0 saturated heterocycles. The minimum atomic E-state index is -4.22. The number of para-hydroxylation sites is 1. The number of carbonyl (C=O) groups excluding carboxylic acids is 1. The quantitative estimate of drug-likeness (QED) is 0.0913. The number of fused-ring (bicyclic) bond motifs is 2. The van der Waals surface area contributed by atoms with Gasteiger partial charge >= 0.3 is 6.09 Å². The molecule has 13 nitrogen and oxygen atoms in total. The van der Waals surface area contributed by atoms with Crippen LogP contribution in [0.15, 0.2) is 120 Å². The molecule has 14 heteroatoms. The van der Waals surface area contributed by atoms with Crippen molar-refractivity contribution in [3.05, 3.63) is 126 Å². The van der Waals surface area contributed by atoms with Crippen molar-refractivity contribution in [3.8, 4) is 11.3 Å². The van der Waals surface area contributed by atoms with Gasteiger partial charge in [-0.2, -0.15) is 0 Å². The van der Waals surface area contributed by atoms with Crippen molar-refractivity contribution in [3.63, 3.8) is 0 Å². The maximum Gasteiger partial charge on any atom is 0.417 e. The van der Waals surface area contributed by atoms with Crippen molar-refractivity contribution in [1.29, 1.82) is 0 Å². The Labute approximate surface area is 268 Å². The average Bonchev–Trinajstić information content (AvgIpc) is 3.73. The van der Waals surface area contributed by atoms with Gasteiger partial charge in [-0.05, 0) is 47.7 Å². The number of rotatable bonds is 12. The number of nitrogens with one attached hydrogen (secondary N) is 2. The molecule has 47 heavy (non-hydrogen) atoms. The molecule has 1 amide bonds. The number of aromatic nitrogens is 3. The number of benzene rings is 3. The van der Waals surface area contributed by atoms with E-state index in [1.807, 2.05) is 48.5 Å². The molecule has 0 fully saturated rings. The molecule has 3 aromatic heterocycles. The van der Waals surface area contributed by atoms with Crippen LogP contribution in [0.3, 0.4) is 0 Å². The van der Waals surface area contributed by atoms with Crippen LogP contribution in [0.5, 0.6) is 0 Å². The Morgan fingerprint density at radius 2 is 1.91 bits per heavy atom. The van der Waals surface area contributed by atoms with Crippen LogP contribution >= 0.6 is 0 Å². The van der Waals surface area contributed by atoms with Crippen molar-refractivity contribution in [2.75, 3.05) is 18.1 Å². The molecular formula is C33H28N6O7S. The molecule has 6 aromatic rings. The lowest BCUT2D eigenvalue weighted by Gasteiger charge is -2.25. The van der Waals surface area contributed by atoms with Crippen LogP contribution in [0.25, 0.3) is 32.9 Å². The standard InChI is InChI=1S/C33H28N6O7S/c1-2-15-45-33(40)38(32-18-31(36-46-32)23-7-8-24-19-34-14-13-22(24)16-23)21-26(17-25-20-35-30-6-4-3-5-29(25)30)37-47(43,44)28-11-9-27(10-12-28)39(41)42/h2-14,16,18-20,26,35,37H,1,15,17,21H2. The maximum absolute atomic E-state index is 13.6. The molecule has 1 atom stereocenters. The number of aromatic amines is 1. The third-order valence-electron chi connectivity index (χ3n) is 7.47. The zero-order valence-corrected chi connectivity index (χ0v) is 25.6. The molecule has 0 saturated carbocycles. The first-order chi connectivity index (χ1) is 22.7. The summed E-state index contributed by atoms with van der Waals surface area (Å²) in [7, 11) is -4.22. The molecule has 6 rings (SSSR count). The molecule has 0 bridgehead atoms. The highest BCUT2D eigenvalue weighted by atomic mass is 32.2. The van der Waals surface area contributed by atoms with Gasteiger partial charge in [0.15, 0.2) is 0 Å². The summed E-state index contributed by atoms with van der Waals surface area (Å²) in [6.07, 6.45) is 5.96. The Balaban J connectivity index is 1.35. The second kappa shape index (κ2) is 13.2. The Morgan fingerprint density at radius 3 is 2.70 bits per heavy atom. The van der Waals surface area contributed by atoms with Crippen LogP contribution < -0.4 is 9.62 Å². The molecule has 1 unspecified atom stereocenters. The number of amides is 1. The van der Waals surface area contributed by atoms with E-state index in [9.17, 15) is 23.3 Å². The van der Waals surface area contributed by atoms with Gasteiger partial charge in [0, 0.05) is 71.2 Å². The van der Waals surface area contributed by atoms with Crippen molar-refractivity contribution in [1.82, 2.24) is 19.8 Å². The van der Waals surface area contributed by atoms with Crippen molar-refractivity contribution >= 4 is 49.4 Å². The zero-order valence-electron chi connectivity index (χ0n) is 24.8. The second-order valence-electron chi connectivity index (χ2n) is 10.6. The molecule has 2 N–H and O–H groups in total. The van der Waals surface area contributed by atoms with Crippen molar-refractivity contribution in [2.45, 2.75) is 17.4 Å². The number of H-pyrrole nitrogens is 1. The largest absolute Gasteiger partial charge is 0.445 e. The van der Waals surface area contributed by atoms with Crippen molar-refractivity contribution in [2.24, 2.45) is 0 Å². The number of ether oxygens (including phenoxy) is 1. The van der Waals surface area contributed by atoms with E-state index in [1.54, 1.807) is 24.7 Å². The fourth-order valence-corrected chi connectivity index (χ4v) is 6.43. The van der Waals surface area contributed by atoms with E-state index in [4.69, 9.17) is 9.26 Å². The highest BCUT2D eigenvalue weighted by molar-refractivity contribution is 7.89. The van der Waals surface area contributed by atoms with Gasteiger partial charge in [0.1, 0.15) is 12.3 Å². The van der Waals surface area contributed by atoms with Gasteiger partial charge < -0.3 is 14.2 Å². The van der Waals surface area contributed by atoms with Gasteiger partial charge in [-0.1, -0.05) is 48.1 Å². The summed E-state index contributed by atoms with van der Waals surface area (Å²) in [6.45, 7) is 3.28. The summed E-state index contributed by atoms with van der Waals surface area (Å²) in [4.78, 5) is 32.3. The van der Waals surface area contributed by atoms with Gasteiger partial charge in [0.05, 0.1) is 9.82 Å². The topological polar surface area (TPSA) is 174 Å². The fourth-order valence-electron chi connectivity index (χ4n) is 5.20. The molecule has 0 aliphatic carbocycles. The van der Waals surface area contributed by atoms with E-state index in [2.05, 4.69) is 26.4 Å². The highest BCUT2D eigenvalue weighted by Gasteiger charge is 2.30. The van der Waals surface area contributed by atoms with E-state index in [0.29, 0.717) is 5.69 Å². The molecular weight excluding hydrogens is 624 g/mol. The molecule has 0 radical (unpaired) electrons. The molecule has 0 spiro atoms. The van der Waals surface area contributed by atoms with Gasteiger partial charge in [-0.3, -0.25) is 15.1 Å². The normalized spacial score (nSPS) is 12.2. The lowest BCUT2D eigenvalue weighted by molar-refractivity contribution is -0.384. The lowest BCUT2D eigenvalue weighted by atomic mass is 10.1. The first-order valence-electron chi connectivity index (χ1n) is 14.4. The number of anilines is 1. The number of non-ortho nitro benzene ring substituents is 1. The van der Waals surface area contributed by atoms with E-state index in [0.717, 1.165) is 57.1 Å². The number of nitro benzene ring substituents is 1. The van der Waals surface area contributed by atoms with Gasteiger partial charge in [-0.15, -0.1) is 0 Å². The van der Waals surface area contributed by atoms with Crippen LogP contribution in [0.4, 0.5) is 16.4 Å². The minimum absolute atomic E-state index is 0.0300. The lowest BCUT2D eigenvalue weighted by Crippen LogP contribution is -2.47. The van der Waals surface area contributed by atoms with Crippen LogP contribution in [0.2, 0.25) is 0 Å². The Morgan fingerprint density at radius 1 is 1.11 bits per heavy atom. The fraction of sp³-hybridized carbons (Fsp3) is 0.121. The summed E-state index contributed by atoms with van der Waals surface area (Å²) in [5, 5.41) is 18.1. The molecule has 3 aromatic carbocycles. The van der Waals surface area contributed by atoms with E-state index < -0.39 is 27.1 Å². The number of pyridine rings is 1. The summed E-state index contributed by atoms with van der Waals surface area (Å²) in [6, 6.07) is 20.3. The number of nitrogens with zero attached hydrogens (tertiary/aromatic N) is 4. The summed E-state index contributed by atoms with van der Waals surface area (Å²) < 4.78 is 40.9. The Kier molecular flexibility index (Phi) is 8.77. The van der Waals surface area contributed by atoms with Crippen LogP contribution in [-0.4, -0.2) is 53.8 Å². The smallest absolute Gasteiger partial charge is 0.417 e. The Hall–Kier alpha value is -5.86. The van der Waals surface area contributed by atoms with E-state index >= 15 is 0 Å². The SMILES string of the molecule is C=CCOC(=O)N(CC(Cc1c[nH]c2ccccc12)NS(=O)(=O)c1ccc([N+](=O)[O-])cc1)c1cc(-c2ccc3cnccc3c2)no1.